The SMILES string of the molecule is CNCC1OCCN(C)C1c1cncn1C1CC1. The fraction of sp³-hybridized carbons (Fsp3) is 0.769. The molecule has 3 rings (SSSR count). The maximum absolute atomic E-state index is 5.94. The molecule has 0 aromatic carbocycles. The average molecular weight is 250 g/mol. The molecule has 2 heterocycles. The lowest BCUT2D eigenvalue weighted by atomic mass is 10.0. The van der Waals surface area contributed by atoms with Crippen LogP contribution in [0.25, 0.3) is 0 Å². The third-order valence-electron chi connectivity index (χ3n) is 3.95. The van der Waals surface area contributed by atoms with E-state index < -0.39 is 0 Å². The highest BCUT2D eigenvalue weighted by atomic mass is 16.5. The Morgan fingerprint density at radius 1 is 1.50 bits per heavy atom. The van der Waals surface area contributed by atoms with Gasteiger partial charge in [0.05, 0.1) is 30.8 Å². The molecule has 0 bridgehead atoms. The van der Waals surface area contributed by atoms with Crippen LogP contribution < -0.4 is 5.32 Å². The number of imidazole rings is 1. The zero-order chi connectivity index (χ0) is 12.5. The van der Waals surface area contributed by atoms with Gasteiger partial charge in [-0.25, -0.2) is 4.98 Å². The molecular weight excluding hydrogens is 228 g/mol. The van der Waals surface area contributed by atoms with E-state index in [1.165, 1.54) is 18.5 Å². The monoisotopic (exact) mass is 250 g/mol. The van der Waals surface area contributed by atoms with Crippen LogP contribution >= 0.6 is 0 Å². The van der Waals surface area contributed by atoms with Crippen LogP contribution in [0.15, 0.2) is 12.5 Å². The van der Waals surface area contributed by atoms with Crippen molar-refractivity contribution in [3.05, 3.63) is 18.2 Å². The topological polar surface area (TPSA) is 42.3 Å². The number of nitrogens with zero attached hydrogens (tertiary/aromatic N) is 3. The van der Waals surface area contributed by atoms with Gasteiger partial charge in [-0.05, 0) is 26.9 Å². The van der Waals surface area contributed by atoms with E-state index in [1.54, 1.807) is 0 Å². The van der Waals surface area contributed by atoms with Crippen molar-refractivity contribution < 1.29 is 4.74 Å². The second kappa shape index (κ2) is 4.99. The first-order chi connectivity index (χ1) is 8.81. The molecule has 1 saturated carbocycles. The van der Waals surface area contributed by atoms with Gasteiger partial charge < -0.3 is 14.6 Å². The smallest absolute Gasteiger partial charge is 0.0951 e. The Morgan fingerprint density at radius 3 is 3.06 bits per heavy atom. The second-order valence-electron chi connectivity index (χ2n) is 5.35. The van der Waals surface area contributed by atoms with Crippen LogP contribution in [0.2, 0.25) is 0 Å². The van der Waals surface area contributed by atoms with Gasteiger partial charge in [-0.2, -0.15) is 0 Å². The summed E-state index contributed by atoms with van der Waals surface area (Å²) in [6.45, 7) is 2.68. The molecule has 1 aromatic heterocycles. The van der Waals surface area contributed by atoms with Crippen molar-refractivity contribution in [3.8, 4) is 0 Å². The Balaban J connectivity index is 1.87. The molecule has 0 radical (unpaired) electrons. The van der Waals surface area contributed by atoms with Crippen LogP contribution in [-0.4, -0.2) is 54.3 Å². The molecule has 1 saturated heterocycles. The van der Waals surface area contributed by atoms with Gasteiger partial charge in [0, 0.05) is 25.3 Å². The van der Waals surface area contributed by atoms with E-state index in [1.807, 2.05) is 19.6 Å². The normalized spacial score (nSPS) is 29.7. The summed E-state index contributed by atoms with van der Waals surface area (Å²) in [5.74, 6) is 0. The highest BCUT2D eigenvalue weighted by molar-refractivity contribution is 5.12. The third kappa shape index (κ3) is 2.18. The lowest BCUT2D eigenvalue weighted by Crippen LogP contribution is -2.47. The molecule has 1 N–H and O–H groups in total. The Kier molecular flexibility index (Phi) is 3.37. The van der Waals surface area contributed by atoms with Gasteiger partial charge in [0.1, 0.15) is 0 Å². The first-order valence-corrected chi connectivity index (χ1v) is 6.79. The Hall–Kier alpha value is -0.910. The van der Waals surface area contributed by atoms with E-state index >= 15 is 0 Å². The summed E-state index contributed by atoms with van der Waals surface area (Å²) in [6, 6.07) is 0.988. The number of hydrogen-bond donors (Lipinski definition) is 1. The van der Waals surface area contributed by atoms with Crippen LogP contribution in [-0.2, 0) is 4.74 Å². The van der Waals surface area contributed by atoms with E-state index in [0.29, 0.717) is 12.1 Å². The van der Waals surface area contributed by atoms with E-state index in [4.69, 9.17) is 4.74 Å². The molecule has 2 unspecified atom stereocenters. The number of ether oxygens (including phenoxy) is 1. The number of hydrogen-bond acceptors (Lipinski definition) is 4. The summed E-state index contributed by atoms with van der Waals surface area (Å²) in [6.07, 6.45) is 6.78. The highest BCUT2D eigenvalue weighted by Gasteiger charge is 2.36. The van der Waals surface area contributed by atoms with Gasteiger partial charge in [-0.15, -0.1) is 0 Å². The van der Waals surface area contributed by atoms with Gasteiger partial charge in [0.25, 0.3) is 0 Å². The lowest BCUT2D eigenvalue weighted by molar-refractivity contribution is -0.0630. The molecule has 1 aliphatic carbocycles. The fourth-order valence-corrected chi connectivity index (χ4v) is 2.85. The second-order valence-corrected chi connectivity index (χ2v) is 5.35. The molecule has 18 heavy (non-hydrogen) atoms. The summed E-state index contributed by atoms with van der Waals surface area (Å²) >= 11 is 0. The molecule has 5 nitrogen and oxygen atoms in total. The Bertz CT molecular complexity index is 399. The number of aromatic nitrogens is 2. The van der Waals surface area contributed by atoms with Crippen molar-refractivity contribution in [2.45, 2.75) is 31.0 Å². The summed E-state index contributed by atoms with van der Waals surface area (Å²) in [5.41, 5.74) is 1.31. The maximum Gasteiger partial charge on any atom is 0.0951 e. The molecule has 1 aromatic rings. The minimum atomic E-state index is 0.211. The zero-order valence-corrected chi connectivity index (χ0v) is 11.2. The molecule has 0 amide bonds. The summed E-state index contributed by atoms with van der Waals surface area (Å²) in [7, 11) is 4.16. The van der Waals surface area contributed by atoms with Crippen molar-refractivity contribution in [2.24, 2.45) is 0 Å². The minimum absolute atomic E-state index is 0.211. The first kappa shape index (κ1) is 12.1. The van der Waals surface area contributed by atoms with Crippen molar-refractivity contribution in [1.82, 2.24) is 19.8 Å². The molecular formula is C13H22N4O. The van der Waals surface area contributed by atoms with E-state index in [-0.39, 0.29) is 6.10 Å². The van der Waals surface area contributed by atoms with Gasteiger partial charge in [0.15, 0.2) is 0 Å². The molecule has 0 spiro atoms. The van der Waals surface area contributed by atoms with E-state index in [0.717, 1.165) is 19.7 Å². The molecule has 1 aliphatic heterocycles. The third-order valence-corrected chi connectivity index (χ3v) is 3.95. The van der Waals surface area contributed by atoms with Crippen LogP contribution in [0, 0.1) is 0 Å². The van der Waals surface area contributed by atoms with Crippen molar-refractivity contribution in [1.29, 1.82) is 0 Å². The van der Waals surface area contributed by atoms with Gasteiger partial charge >= 0.3 is 0 Å². The average Bonchev–Trinajstić information content (AvgIpc) is 3.09. The molecule has 5 heteroatoms. The van der Waals surface area contributed by atoms with Crippen molar-refractivity contribution in [2.75, 3.05) is 33.8 Å². The van der Waals surface area contributed by atoms with Crippen LogP contribution in [0.1, 0.15) is 30.6 Å². The summed E-state index contributed by atoms with van der Waals surface area (Å²) in [4.78, 5) is 6.74. The molecule has 2 fully saturated rings. The lowest BCUT2D eigenvalue weighted by Gasteiger charge is -2.39. The highest BCUT2D eigenvalue weighted by Crippen LogP contribution is 2.39. The van der Waals surface area contributed by atoms with Crippen LogP contribution in [0.3, 0.4) is 0 Å². The Labute approximate surface area is 108 Å². The largest absolute Gasteiger partial charge is 0.374 e. The predicted octanol–water partition coefficient (Wildman–Crippen LogP) is 0.809. The standard InChI is InChI=1S/C13H22N4O/c1-14-8-12-13(16(2)5-6-18-12)11-7-15-9-17(11)10-3-4-10/h7,9-10,12-14H,3-6,8H2,1-2H3. The first-order valence-electron chi connectivity index (χ1n) is 6.79. The molecule has 2 atom stereocenters. The summed E-state index contributed by atoms with van der Waals surface area (Å²) < 4.78 is 8.28. The number of rotatable bonds is 4. The van der Waals surface area contributed by atoms with Crippen LogP contribution in [0.5, 0.6) is 0 Å². The van der Waals surface area contributed by atoms with Crippen LogP contribution in [0.4, 0.5) is 0 Å². The van der Waals surface area contributed by atoms with Crippen molar-refractivity contribution >= 4 is 0 Å². The van der Waals surface area contributed by atoms with E-state index in [2.05, 4.69) is 26.8 Å². The van der Waals surface area contributed by atoms with Gasteiger partial charge in [0.2, 0.25) is 0 Å². The molecule has 100 valence electrons. The maximum atomic E-state index is 5.94. The minimum Gasteiger partial charge on any atom is -0.374 e. The van der Waals surface area contributed by atoms with Gasteiger partial charge in [-0.1, -0.05) is 0 Å². The fourth-order valence-electron chi connectivity index (χ4n) is 2.85. The number of nitrogens with one attached hydrogen (secondary N) is 1. The Morgan fingerprint density at radius 2 is 2.33 bits per heavy atom. The number of morpholine rings is 1. The van der Waals surface area contributed by atoms with Gasteiger partial charge in [-0.3, -0.25) is 4.90 Å². The predicted molar refractivity (Wildman–Crippen MR) is 69.5 cm³/mol. The van der Waals surface area contributed by atoms with Crippen molar-refractivity contribution in [3.63, 3.8) is 0 Å². The van der Waals surface area contributed by atoms with E-state index in [9.17, 15) is 0 Å². The molecule has 2 aliphatic rings. The zero-order valence-electron chi connectivity index (χ0n) is 11.2. The summed E-state index contributed by atoms with van der Waals surface area (Å²) in [5, 5.41) is 3.23. The quantitative estimate of drug-likeness (QED) is 0.858. The number of likely N-dealkylation sites (N-methyl/N-ethyl adjacent to an activating group) is 2.